The average molecular weight is 311 g/mol. The van der Waals surface area contributed by atoms with Gasteiger partial charge in [-0.2, -0.15) is 0 Å². The van der Waals surface area contributed by atoms with Crippen LogP contribution in [0.25, 0.3) is 0 Å². The van der Waals surface area contributed by atoms with Crippen molar-refractivity contribution in [1.82, 2.24) is 5.32 Å². The van der Waals surface area contributed by atoms with Gasteiger partial charge in [-0.05, 0) is 30.0 Å². The van der Waals surface area contributed by atoms with Gasteiger partial charge in [-0.1, -0.05) is 12.1 Å². The van der Waals surface area contributed by atoms with Crippen molar-refractivity contribution in [3.8, 4) is 0 Å². The van der Waals surface area contributed by atoms with E-state index in [0.29, 0.717) is 0 Å². The first-order chi connectivity index (χ1) is 9.88. The van der Waals surface area contributed by atoms with Gasteiger partial charge in [0.2, 0.25) is 5.91 Å². The van der Waals surface area contributed by atoms with Crippen LogP contribution in [0.3, 0.4) is 0 Å². The molecule has 1 unspecified atom stereocenters. The highest BCUT2D eigenvalue weighted by atomic mass is 32.1. The van der Waals surface area contributed by atoms with Crippen LogP contribution in [0.2, 0.25) is 0 Å². The van der Waals surface area contributed by atoms with E-state index in [9.17, 15) is 18.7 Å². The second kappa shape index (κ2) is 6.32. The third-order valence-corrected chi connectivity index (χ3v) is 4.17. The molecule has 0 saturated carbocycles. The van der Waals surface area contributed by atoms with Crippen molar-refractivity contribution in [3.63, 3.8) is 0 Å². The summed E-state index contributed by atoms with van der Waals surface area (Å²) in [6.07, 6.45) is -0.202. The third kappa shape index (κ3) is 4.09. The quantitative estimate of drug-likeness (QED) is 0.892. The number of carbonyl (C=O) groups excluding carboxylic acids is 1. The summed E-state index contributed by atoms with van der Waals surface area (Å²) in [5.74, 6) is -1.87. The maximum Gasteiger partial charge on any atom is 0.224 e. The topological polar surface area (TPSA) is 49.3 Å². The van der Waals surface area contributed by atoms with Gasteiger partial charge in [0, 0.05) is 10.9 Å². The molecule has 6 heteroatoms. The molecule has 0 aliphatic carbocycles. The van der Waals surface area contributed by atoms with Gasteiger partial charge >= 0.3 is 0 Å². The van der Waals surface area contributed by atoms with Crippen molar-refractivity contribution in [1.29, 1.82) is 0 Å². The van der Waals surface area contributed by atoms with Crippen LogP contribution in [0.15, 0.2) is 35.7 Å². The molecule has 112 valence electrons. The van der Waals surface area contributed by atoms with E-state index < -0.39 is 23.1 Å². The Balaban J connectivity index is 1.93. The zero-order chi connectivity index (χ0) is 15.5. The first-order valence-electron chi connectivity index (χ1n) is 6.35. The van der Waals surface area contributed by atoms with E-state index in [1.165, 1.54) is 17.4 Å². The summed E-state index contributed by atoms with van der Waals surface area (Å²) >= 11 is 1.39. The standard InChI is InChI=1S/C15H15F2NO2S/c1-15(20,13-3-2-6-21-13)9-18-14(19)7-10-4-5-11(16)8-12(10)17/h2-6,8,20H,7,9H2,1H3,(H,18,19). The van der Waals surface area contributed by atoms with Crippen molar-refractivity contribution in [2.45, 2.75) is 18.9 Å². The van der Waals surface area contributed by atoms with Gasteiger partial charge in [-0.3, -0.25) is 4.79 Å². The van der Waals surface area contributed by atoms with Crippen molar-refractivity contribution in [2.24, 2.45) is 0 Å². The van der Waals surface area contributed by atoms with Crippen LogP contribution in [0, 0.1) is 11.6 Å². The number of benzene rings is 1. The Bertz CT molecular complexity index is 627. The van der Waals surface area contributed by atoms with E-state index >= 15 is 0 Å². The maximum absolute atomic E-state index is 13.4. The van der Waals surface area contributed by atoms with Crippen molar-refractivity contribution < 1.29 is 18.7 Å². The van der Waals surface area contributed by atoms with Gasteiger partial charge in [0.1, 0.15) is 17.2 Å². The molecule has 1 atom stereocenters. The van der Waals surface area contributed by atoms with E-state index in [4.69, 9.17) is 0 Å². The molecular formula is C15H15F2NO2S. The van der Waals surface area contributed by atoms with Crippen molar-refractivity contribution >= 4 is 17.2 Å². The van der Waals surface area contributed by atoms with E-state index in [0.717, 1.165) is 17.0 Å². The minimum Gasteiger partial charge on any atom is -0.383 e. The van der Waals surface area contributed by atoms with Gasteiger partial charge in [0.25, 0.3) is 0 Å². The summed E-state index contributed by atoms with van der Waals surface area (Å²) < 4.78 is 26.2. The van der Waals surface area contributed by atoms with Gasteiger partial charge < -0.3 is 10.4 Å². The number of hydrogen-bond donors (Lipinski definition) is 2. The molecule has 2 aromatic rings. The minimum atomic E-state index is -1.18. The van der Waals surface area contributed by atoms with Gasteiger partial charge in [0.15, 0.2) is 0 Å². The lowest BCUT2D eigenvalue weighted by Gasteiger charge is -2.22. The molecule has 0 bridgehead atoms. The molecule has 1 aromatic heterocycles. The predicted octanol–water partition coefficient (Wildman–Crippen LogP) is 2.59. The van der Waals surface area contributed by atoms with E-state index in [-0.39, 0.29) is 18.5 Å². The smallest absolute Gasteiger partial charge is 0.224 e. The highest BCUT2D eigenvalue weighted by Gasteiger charge is 2.24. The number of aliphatic hydroxyl groups is 1. The highest BCUT2D eigenvalue weighted by Crippen LogP contribution is 2.24. The fourth-order valence-corrected chi connectivity index (χ4v) is 2.63. The van der Waals surface area contributed by atoms with Crippen molar-refractivity contribution in [2.75, 3.05) is 6.54 Å². The number of thiophene rings is 1. The van der Waals surface area contributed by atoms with Crippen LogP contribution in [-0.2, 0) is 16.8 Å². The molecule has 2 N–H and O–H groups in total. The summed E-state index contributed by atoms with van der Waals surface area (Å²) in [7, 11) is 0. The lowest BCUT2D eigenvalue weighted by atomic mass is 10.0. The fraction of sp³-hybridized carbons (Fsp3) is 0.267. The zero-order valence-electron chi connectivity index (χ0n) is 11.4. The second-order valence-corrected chi connectivity index (χ2v) is 5.89. The van der Waals surface area contributed by atoms with Crippen LogP contribution in [0.4, 0.5) is 8.78 Å². The number of amides is 1. The average Bonchev–Trinajstić information content (AvgIpc) is 2.95. The molecule has 1 aromatic carbocycles. The largest absolute Gasteiger partial charge is 0.383 e. The van der Waals surface area contributed by atoms with Crippen LogP contribution < -0.4 is 5.32 Å². The lowest BCUT2D eigenvalue weighted by Crippen LogP contribution is -2.38. The van der Waals surface area contributed by atoms with Gasteiger partial charge in [0.05, 0.1) is 13.0 Å². The van der Waals surface area contributed by atoms with Crippen LogP contribution in [0.1, 0.15) is 17.4 Å². The predicted molar refractivity (Wildman–Crippen MR) is 77.0 cm³/mol. The van der Waals surface area contributed by atoms with Crippen LogP contribution in [-0.4, -0.2) is 17.6 Å². The third-order valence-electron chi connectivity index (χ3n) is 3.05. The molecule has 1 amide bonds. The molecule has 0 fully saturated rings. The summed E-state index contributed by atoms with van der Waals surface area (Å²) in [5, 5.41) is 14.6. The molecule has 0 spiro atoms. The highest BCUT2D eigenvalue weighted by molar-refractivity contribution is 7.10. The van der Waals surface area contributed by atoms with Gasteiger partial charge in [-0.15, -0.1) is 11.3 Å². The fourth-order valence-electron chi connectivity index (χ4n) is 1.84. The number of carbonyl (C=O) groups is 1. The maximum atomic E-state index is 13.4. The SMILES string of the molecule is CC(O)(CNC(=O)Cc1ccc(F)cc1F)c1cccs1. The first-order valence-corrected chi connectivity index (χ1v) is 7.23. The number of nitrogens with one attached hydrogen (secondary N) is 1. The van der Waals surface area contributed by atoms with Crippen LogP contribution in [0.5, 0.6) is 0 Å². The van der Waals surface area contributed by atoms with E-state index in [1.807, 2.05) is 11.4 Å². The second-order valence-electron chi connectivity index (χ2n) is 4.94. The Morgan fingerprint density at radius 1 is 1.38 bits per heavy atom. The summed E-state index contributed by atoms with van der Waals surface area (Å²) in [6, 6.07) is 6.67. The number of rotatable bonds is 5. The molecule has 0 saturated heterocycles. The molecule has 21 heavy (non-hydrogen) atoms. The zero-order valence-corrected chi connectivity index (χ0v) is 12.2. The van der Waals surface area contributed by atoms with E-state index in [2.05, 4.69) is 5.32 Å². The Morgan fingerprint density at radius 3 is 2.76 bits per heavy atom. The molecule has 3 nitrogen and oxygen atoms in total. The molecular weight excluding hydrogens is 296 g/mol. The van der Waals surface area contributed by atoms with Crippen molar-refractivity contribution in [3.05, 3.63) is 57.8 Å². The lowest BCUT2D eigenvalue weighted by molar-refractivity contribution is -0.121. The Hall–Kier alpha value is -1.79. The Morgan fingerprint density at radius 2 is 2.14 bits per heavy atom. The molecule has 0 aliphatic rings. The Kier molecular flexibility index (Phi) is 4.69. The summed E-state index contributed by atoms with van der Waals surface area (Å²) in [5.41, 5.74) is -1.06. The summed E-state index contributed by atoms with van der Waals surface area (Å²) in [6.45, 7) is 1.62. The van der Waals surface area contributed by atoms with Crippen LogP contribution >= 0.6 is 11.3 Å². The first kappa shape index (κ1) is 15.6. The molecule has 0 aliphatic heterocycles. The molecule has 2 rings (SSSR count). The molecule has 1 heterocycles. The monoisotopic (exact) mass is 311 g/mol. The number of hydrogen-bond acceptors (Lipinski definition) is 3. The molecule has 0 radical (unpaired) electrons. The summed E-state index contributed by atoms with van der Waals surface area (Å²) in [4.78, 5) is 12.5. The minimum absolute atomic E-state index is 0.0230. The number of halogens is 2. The normalized spacial score (nSPS) is 13.7. The van der Waals surface area contributed by atoms with Gasteiger partial charge in [-0.25, -0.2) is 8.78 Å². The Labute approximate surface area is 125 Å². The van der Waals surface area contributed by atoms with E-state index in [1.54, 1.807) is 13.0 Å².